The van der Waals surface area contributed by atoms with Crippen LogP contribution in [0, 0.1) is 12.8 Å². The number of carbonyl (C=O) groups excluding carboxylic acids is 1. The number of nitrogens with two attached hydrogens (primary N) is 1. The quantitative estimate of drug-likeness (QED) is 0.784. The van der Waals surface area contributed by atoms with Gasteiger partial charge in [-0.05, 0) is 43.7 Å². The lowest BCUT2D eigenvalue weighted by atomic mass is 10.1. The van der Waals surface area contributed by atoms with E-state index in [1.54, 1.807) is 0 Å². The fraction of sp³-hybridized carbons (Fsp3) is 0.455. The van der Waals surface area contributed by atoms with E-state index in [9.17, 15) is 4.79 Å². The predicted octanol–water partition coefficient (Wildman–Crippen LogP) is 1.44. The average molecular weight is 190 g/mol. The fourth-order valence-electron chi connectivity index (χ4n) is 1.55. The summed E-state index contributed by atoms with van der Waals surface area (Å²) in [7, 11) is 0. The summed E-state index contributed by atoms with van der Waals surface area (Å²) in [6, 6.07) is 3.91. The van der Waals surface area contributed by atoms with Crippen LogP contribution in [0.5, 0.6) is 0 Å². The third kappa shape index (κ3) is 1.92. The molecular formula is C11H14N2O. The Kier molecular flexibility index (Phi) is 2.23. The van der Waals surface area contributed by atoms with Gasteiger partial charge in [-0.2, -0.15) is 0 Å². The van der Waals surface area contributed by atoms with E-state index < -0.39 is 5.91 Å². The molecule has 14 heavy (non-hydrogen) atoms. The highest BCUT2D eigenvalue weighted by Crippen LogP contribution is 2.32. The molecule has 3 heteroatoms. The third-order valence-corrected chi connectivity index (χ3v) is 2.58. The molecule has 0 radical (unpaired) electrons. The van der Waals surface area contributed by atoms with Crippen molar-refractivity contribution in [2.75, 3.05) is 0 Å². The second-order valence-electron chi connectivity index (χ2n) is 3.98. The molecule has 1 aromatic rings. The first-order valence-electron chi connectivity index (χ1n) is 4.93. The molecule has 0 unspecified atom stereocenters. The number of aromatic nitrogens is 1. The van der Waals surface area contributed by atoms with Gasteiger partial charge < -0.3 is 5.73 Å². The van der Waals surface area contributed by atoms with Crippen LogP contribution in [0.3, 0.4) is 0 Å². The molecule has 1 saturated carbocycles. The molecule has 1 aromatic heterocycles. The number of pyridine rings is 1. The molecule has 2 rings (SSSR count). The van der Waals surface area contributed by atoms with Crippen LogP contribution in [0.15, 0.2) is 12.1 Å². The zero-order chi connectivity index (χ0) is 10.1. The Bertz CT molecular complexity index is 370. The minimum absolute atomic E-state index is 0.420. The SMILES string of the molecule is Cc1ccc(CC2CC2)nc1C(N)=O. The molecule has 3 nitrogen and oxygen atoms in total. The first-order chi connectivity index (χ1) is 6.66. The highest BCUT2D eigenvalue weighted by Gasteiger charge is 2.22. The monoisotopic (exact) mass is 190 g/mol. The van der Waals surface area contributed by atoms with E-state index in [-0.39, 0.29) is 0 Å². The van der Waals surface area contributed by atoms with Crippen LogP contribution in [-0.4, -0.2) is 10.9 Å². The van der Waals surface area contributed by atoms with Crippen LogP contribution in [0.4, 0.5) is 0 Å². The largest absolute Gasteiger partial charge is 0.364 e. The van der Waals surface area contributed by atoms with E-state index in [1.165, 1.54) is 12.8 Å². The molecular weight excluding hydrogens is 176 g/mol. The summed E-state index contributed by atoms with van der Waals surface area (Å²) in [5, 5.41) is 0. The number of primary amides is 1. The summed E-state index contributed by atoms with van der Waals surface area (Å²) in [5.74, 6) is 0.353. The van der Waals surface area contributed by atoms with Gasteiger partial charge in [0, 0.05) is 5.69 Å². The lowest BCUT2D eigenvalue weighted by Gasteiger charge is -2.04. The van der Waals surface area contributed by atoms with Gasteiger partial charge in [0.1, 0.15) is 5.69 Å². The van der Waals surface area contributed by atoms with Gasteiger partial charge in [-0.3, -0.25) is 4.79 Å². The van der Waals surface area contributed by atoms with Crippen molar-refractivity contribution in [3.05, 3.63) is 29.1 Å². The van der Waals surface area contributed by atoms with Crippen LogP contribution in [0.1, 0.15) is 34.6 Å². The first kappa shape index (κ1) is 9.19. The minimum atomic E-state index is -0.430. The Morgan fingerprint density at radius 1 is 1.57 bits per heavy atom. The fourth-order valence-corrected chi connectivity index (χ4v) is 1.55. The number of hydrogen-bond acceptors (Lipinski definition) is 2. The zero-order valence-electron chi connectivity index (χ0n) is 8.29. The number of hydrogen-bond donors (Lipinski definition) is 1. The lowest BCUT2D eigenvalue weighted by molar-refractivity contribution is 0.0994. The Labute approximate surface area is 83.3 Å². The van der Waals surface area contributed by atoms with Crippen LogP contribution in [-0.2, 0) is 6.42 Å². The Morgan fingerprint density at radius 2 is 2.29 bits per heavy atom. The zero-order valence-corrected chi connectivity index (χ0v) is 8.29. The maximum Gasteiger partial charge on any atom is 0.267 e. The van der Waals surface area contributed by atoms with Gasteiger partial charge in [-0.1, -0.05) is 6.07 Å². The van der Waals surface area contributed by atoms with Crippen LogP contribution < -0.4 is 5.73 Å². The summed E-state index contributed by atoms with van der Waals surface area (Å²) in [5.41, 5.74) is 7.50. The van der Waals surface area contributed by atoms with Crippen molar-refractivity contribution in [3.8, 4) is 0 Å². The lowest BCUT2D eigenvalue weighted by Crippen LogP contribution is -2.15. The minimum Gasteiger partial charge on any atom is -0.364 e. The summed E-state index contributed by atoms with van der Waals surface area (Å²) in [6.07, 6.45) is 3.57. The van der Waals surface area contributed by atoms with Crippen molar-refractivity contribution in [2.24, 2.45) is 11.7 Å². The molecule has 0 aliphatic heterocycles. The Hall–Kier alpha value is -1.38. The molecule has 74 valence electrons. The second kappa shape index (κ2) is 3.40. The maximum atomic E-state index is 11.0. The van der Waals surface area contributed by atoms with Crippen LogP contribution in [0.2, 0.25) is 0 Å². The van der Waals surface area contributed by atoms with Crippen LogP contribution in [0.25, 0.3) is 0 Å². The molecule has 0 aromatic carbocycles. The highest BCUT2D eigenvalue weighted by molar-refractivity contribution is 5.92. The average Bonchev–Trinajstić information content (AvgIpc) is 2.92. The highest BCUT2D eigenvalue weighted by atomic mass is 16.1. The van der Waals surface area contributed by atoms with Gasteiger partial charge in [0.2, 0.25) is 0 Å². The normalized spacial score (nSPS) is 15.5. The second-order valence-corrected chi connectivity index (χ2v) is 3.98. The summed E-state index contributed by atoms with van der Waals surface area (Å²) < 4.78 is 0. The van der Waals surface area contributed by atoms with Gasteiger partial charge in [0.05, 0.1) is 0 Å². The Balaban J connectivity index is 2.24. The molecule has 0 atom stereocenters. The first-order valence-corrected chi connectivity index (χ1v) is 4.93. The standard InChI is InChI=1S/C11H14N2O/c1-7-2-5-9(6-8-3-4-8)13-10(7)11(12)14/h2,5,8H,3-4,6H2,1H3,(H2,12,14). The molecule has 1 aliphatic carbocycles. The van der Waals surface area contributed by atoms with Gasteiger partial charge in [-0.15, -0.1) is 0 Å². The van der Waals surface area contributed by atoms with E-state index in [1.807, 2.05) is 19.1 Å². The molecule has 1 heterocycles. The van der Waals surface area contributed by atoms with Crippen molar-refractivity contribution < 1.29 is 4.79 Å². The smallest absolute Gasteiger partial charge is 0.267 e. The number of aryl methyl sites for hydroxylation is 1. The van der Waals surface area contributed by atoms with Gasteiger partial charge in [0.15, 0.2) is 0 Å². The van der Waals surface area contributed by atoms with E-state index in [2.05, 4.69) is 4.98 Å². The summed E-state index contributed by atoms with van der Waals surface area (Å²) in [4.78, 5) is 15.3. The number of rotatable bonds is 3. The molecule has 1 aliphatic rings. The molecule has 0 saturated heterocycles. The van der Waals surface area contributed by atoms with Crippen molar-refractivity contribution in [1.29, 1.82) is 0 Å². The molecule has 0 bridgehead atoms. The number of carbonyl (C=O) groups is 1. The van der Waals surface area contributed by atoms with Crippen molar-refractivity contribution in [2.45, 2.75) is 26.2 Å². The topological polar surface area (TPSA) is 56.0 Å². The summed E-state index contributed by atoms with van der Waals surface area (Å²) in [6.45, 7) is 1.86. The number of amides is 1. The van der Waals surface area contributed by atoms with E-state index in [0.717, 1.165) is 23.6 Å². The molecule has 1 amide bonds. The van der Waals surface area contributed by atoms with Gasteiger partial charge in [0.25, 0.3) is 5.91 Å². The van der Waals surface area contributed by atoms with Crippen molar-refractivity contribution >= 4 is 5.91 Å². The Morgan fingerprint density at radius 3 is 2.86 bits per heavy atom. The van der Waals surface area contributed by atoms with Gasteiger partial charge in [-0.25, -0.2) is 4.98 Å². The van der Waals surface area contributed by atoms with Crippen molar-refractivity contribution in [3.63, 3.8) is 0 Å². The molecule has 0 spiro atoms. The maximum absolute atomic E-state index is 11.0. The van der Waals surface area contributed by atoms with Gasteiger partial charge >= 0.3 is 0 Å². The van der Waals surface area contributed by atoms with E-state index in [4.69, 9.17) is 5.73 Å². The molecule has 1 fully saturated rings. The number of nitrogens with zero attached hydrogens (tertiary/aromatic N) is 1. The van der Waals surface area contributed by atoms with Crippen LogP contribution >= 0.6 is 0 Å². The van der Waals surface area contributed by atoms with E-state index in [0.29, 0.717) is 5.69 Å². The molecule has 2 N–H and O–H groups in total. The predicted molar refractivity (Wildman–Crippen MR) is 53.9 cm³/mol. The van der Waals surface area contributed by atoms with E-state index >= 15 is 0 Å². The third-order valence-electron chi connectivity index (χ3n) is 2.58. The van der Waals surface area contributed by atoms with Crippen molar-refractivity contribution in [1.82, 2.24) is 4.98 Å². The summed E-state index contributed by atoms with van der Waals surface area (Å²) >= 11 is 0.